The Morgan fingerprint density at radius 3 is 2.67 bits per heavy atom. The maximum Gasteiger partial charge on any atom is 0.154 e. The van der Waals surface area contributed by atoms with Crippen LogP contribution in [0.1, 0.15) is 20.3 Å². The van der Waals surface area contributed by atoms with E-state index in [9.17, 15) is 4.79 Å². The number of hydrogen-bond acceptors (Lipinski definition) is 2. The quantitative estimate of drug-likeness (QED) is 0.515. The summed E-state index contributed by atoms with van der Waals surface area (Å²) in [6.07, 6.45) is 2.78. The summed E-state index contributed by atoms with van der Waals surface area (Å²) in [6, 6.07) is -0.0278. The average Bonchev–Trinajstić information content (AvgIpc) is 2.14. The zero-order valence-corrected chi connectivity index (χ0v) is 5.79. The van der Waals surface area contributed by atoms with E-state index in [-0.39, 0.29) is 11.8 Å². The number of carbonyl (C=O) groups is 1. The minimum atomic E-state index is -0.0278. The lowest BCUT2D eigenvalue weighted by Gasteiger charge is -2.00. The predicted molar refractivity (Wildman–Crippen MR) is 36.7 cm³/mol. The SMILES string of the molecule is CC(=O)[C@@H]1C[C@@H](C)C=N1. The molecule has 0 amide bonds. The van der Waals surface area contributed by atoms with Gasteiger partial charge in [-0.05, 0) is 19.3 Å². The molecule has 0 aromatic rings. The summed E-state index contributed by atoms with van der Waals surface area (Å²) >= 11 is 0. The molecule has 9 heavy (non-hydrogen) atoms. The molecule has 1 heterocycles. The molecule has 0 saturated heterocycles. The molecule has 2 nitrogen and oxygen atoms in total. The molecule has 1 aliphatic heterocycles. The third-order valence-electron chi connectivity index (χ3n) is 1.58. The van der Waals surface area contributed by atoms with Crippen LogP contribution in [-0.2, 0) is 4.79 Å². The maximum absolute atomic E-state index is 10.7. The van der Waals surface area contributed by atoms with Gasteiger partial charge >= 0.3 is 0 Å². The van der Waals surface area contributed by atoms with E-state index in [0.717, 1.165) is 6.42 Å². The minimum Gasteiger partial charge on any atom is -0.298 e. The van der Waals surface area contributed by atoms with Crippen LogP contribution in [0.25, 0.3) is 0 Å². The van der Waals surface area contributed by atoms with Crippen LogP contribution in [0, 0.1) is 5.92 Å². The Morgan fingerprint density at radius 1 is 1.78 bits per heavy atom. The summed E-state index contributed by atoms with van der Waals surface area (Å²) in [4.78, 5) is 14.7. The standard InChI is InChI=1S/C7H11NO/c1-5-3-7(6(2)9)8-4-5/h4-5,7H,3H2,1-2H3/t5-,7+/m1/s1. The molecule has 2 atom stereocenters. The molecule has 0 aromatic carbocycles. The molecule has 0 fully saturated rings. The van der Waals surface area contributed by atoms with Gasteiger partial charge in [0.25, 0.3) is 0 Å². The predicted octanol–water partition coefficient (Wildman–Crippen LogP) is 1.05. The highest BCUT2D eigenvalue weighted by molar-refractivity contribution is 5.85. The van der Waals surface area contributed by atoms with Crippen molar-refractivity contribution in [1.29, 1.82) is 0 Å². The van der Waals surface area contributed by atoms with E-state index in [0.29, 0.717) is 5.92 Å². The smallest absolute Gasteiger partial charge is 0.154 e. The van der Waals surface area contributed by atoms with Crippen LogP contribution in [-0.4, -0.2) is 18.0 Å². The second kappa shape index (κ2) is 2.29. The molecule has 1 rings (SSSR count). The molecule has 0 radical (unpaired) electrons. The highest BCUT2D eigenvalue weighted by Gasteiger charge is 2.19. The van der Waals surface area contributed by atoms with Crippen molar-refractivity contribution in [1.82, 2.24) is 0 Å². The zero-order chi connectivity index (χ0) is 6.85. The monoisotopic (exact) mass is 125 g/mol. The number of hydrogen-bond donors (Lipinski definition) is 0. The van der Waals surface area contributed by atoms with Crippen molar-refractivity contribution in [2.75, 3.05) is 0 Å². The molecule has 0 bridgehead atoms. The normalized spacial score (nSPS) is 33.1. The first kappa shape index (κ1) is 6.46. The summed E-state index contributed by atoms with van der Waals surface area (Å²) in [5.74, 6) is 0.689. The summed E-state index contributed by atoms with van der Waals surface area (Å²) in [7, 11) is 0. The molecular weight excluding hydrogens is 114 g/mol. The van der Waals surface area contributed by atoms with Gasteiger partial charge < -0.3 is 0 Å². The van der Waals surface area contributed by atoms with Crippen molar-refractivity contribution in [3.05, 3.63) is 0 Å². The first-order valence-corrected chi connectivity index (χ1v) is 3.24. The molecule has 2 heteroatoms. The number of carbonyl (C=O) groups excluding carboxylic acids is 1. The van der Waals surface area contributed by atoms with Gasteiger partial charge in [-0.3, -0.25) is 9.79 Å². The highest BCUT2D eigenvalue weighted by Crippen LogP contribution is 2.14. The number of nitrogens with zero attached hydrogens (tertiary/aromatic N) is 1. The van der Waals surface area contributed by atoms with Gasteiger partial charge in [-0.25, -0.2) is 0 Å². The summed E-state index contributed by atoms with van der Waals surface area (Å²) < 4.78 is 0. The molecule has 50 valence electrons. The minimum absolute atomic E-state index is 0.0278. The summed E-state index contributed by atoms with van der Waals surface area (Å²) in [6.45, 7) is 3.67. The molecule has 0 aromatic heterocycles. The number of rotatable bonds is 1. The second-order valence-electron chi connectivity index (χ2n) is 2.64. The van der Waals surface area contributed by atoms with E-state index in [1.54, 1.807) is 6.92 Å². The van der Waals surface area contributed by atoms with Gasteiger partial charge in [0, 0.05) is 6.21 Å². The van der Waals surface area contributed by atoms with Crippen molar-refractivity contribution < 1.29 is 4.79 Å². The van der Waals surface area contributed by atoms with Gasteiger partial charge in [0.15, 0.2) is 5.78 Å². The third kappa shape index (κ3) is 1.37. The molecule has 0 saturated carbocycles. The first-order valence-electron chi connectivity index (χ1n) is 3.24. The van der Waals surface area contributed by atoms with E-state index in [2.05, 4.69) is 11.9 Å². The molecule has 0 N–H and O–H groups in total. The molecule has 0 spiro atoms. The molecule has 0 aliphatic carbocycles. The zero-order valence-electron chi connectivity index (χ0n) is 5.79. The average molecular weight is 125 g/mol. The van der Waals surface area contributed by atoms with Gasteiger partial charge in [0.1, 0.15) is 6.04 Å². The Hall–Kier alpha value is -0.660. The third-order valence-corrected chi connectivity index (χ3v) is 1.58. The van der Waals surface area contributed by atoms with Crippen molar-refractivity contribution in [3.63, 3.8) is 0 Å². The van der Waals surface area contributed by atoms with E-state index in [4.69, 9.17) is 0 Å². The van der Waals surface area contributed by atoms with Gasteiger partial charge in [0.2, 0.25) is 0 Å². The van der Waals surface area contributed by atoms with Crippen LogP contribution < -0.4 is 0 Å². The van der Waals surface area contributed by atoms with Crippen molar-refractivity contribution in [3.8, 4) is 0 Å². The van der Waals surface area contributed by atoms with E-state index in [1.165, 1.54) is 0 Å². The Morgan fingerprint density at radius 2 is 2.44 bits per heavy atom. The van der Waals surface area contributed by atoms with Crippen molar-refractivity contribution in [2.24, 2.45) is 10.9 Å². The lowest BCUT2D eigenvalue weighted by molar-refractivity contribution is -0.118. The number of Topliss-reactive ketones (excluding diaryl/α,β-unsaturated/α-hetero) is 1. The first-order chi connectivity index (χ1) is 4.20. The fourth-order valence-electron chi connectivity index (χ4n) is 0.996. The lowest BCUT2D eigenvalue weighted by Crippen LogP contribution is -2.12. The van der Waals surface area contributed by atoms with Crippen LogP contribution in [0.15, 0.2) is 4.99 Å². The second-order valence-corrected chi connectivity index (χ2v) is 2.64. The summed E-state index contributed by atoms with van der Waals surface area (Å²) in [5.41, 5.74) is 0. The largest absolute Gasteiger partial charge is 0.298 e. The Balaban J connectivity index is 2.50. The van der Waals surface area contributed by atoms with Crippen LogP contribution in [0.2, 0.25) is 0 Å². The topological polar surface area (TPSA) is 29.4 Å². The Kier molecular flexibility index (Phi) is 1.65. The van der Waals surface area contributed by atoms with Crippen molar-refractivity contribution in [2.45, 2.75) is 26.3 Å². The lowest BCUT2D eigenvalue weighted by atomic mass is 10.1. The maximum atomic E-state index is 10.7. The van der Waals surface area contributed by atoms with Gasteiger partial charge in [-0.1, -0.05) is 6.92 Å². The van der Waals surface area contributed by atoms with Crippen molar-refractivity contribution >= 4 is 12.0 Å². The van der Waals surface area contributed by atoms with Gasteiger partial charge in [-0.15, -0.1) is 0 Å². The van der Waals surface area contributed by atoms with Crippen LogP contribution >= 0.6 is 0 Å². The highest BCUT2D eigenvalue weighted by atomic mass is 16.1. The Labute approximate surface area is 55.0 Å². The molecule has 0 unspecified atom stereocenters. The van der Waals surface area contributed by atoms with Crippen LogP contribution in [0.5, 0.6) is 0 Å². The molecule has 1 aliphatic rings. The fourth-order valence-corrected chi connectivity index (χ4v) is 0.996. The van der Waals surface area contributed by atoms with E-state index < -0.39 is 0 Å². The number of ketones is 1. The van der Waals surface area contributed by atoms with Crippen LogP contribution in [0.3, 0.4) is 0 Å². The Bertz CT molecular complexity index is 151. The fraction of sp³-hybridized carbons (Fsp3) is 0.714. The number of aliphatic imine (C=N–C) groups is 1. The van der Waals surface area contributed by atoms with Gasteiger partial charge in [0.05, 0.1) is 0 Å². The van der Waals surface area contributed by atoms with Crippen LogP contribution in [0.4, 0.5) is 0 Å². The van der Waals surface area contributed by atoms with E-state index >= 15 is 0 Å². The molecular formula is C7H11NO. The summed E-state index contributed by atoms with van der Waals surface area (Å²) in [5, 5.41) is 0. The van der Waals surface area contributed by atoms with Gasteiger partial charge in [-0.2, -0.15) is 0 Å². The van der Waals surface area contributed by atoms with E-state index in [1.807, 2.05) is 6.21 Å².